The number of carboxylic acid groups (broad SMARTS) is 1. The summed E-state index contributed by atoms with van der Waals surface area (Å²) in [4.78, 5) is 19.3. The van der Waals surface area contributed by atoms with Crippen molar-refractivity contribution < 1.29 is 23.4 Å². The second-order valence-electron chi connectivity index (χ2n) is 12.5. The van der Waals surface area contributed by atoms with Crippen LogP contribution < -0.4 is 4.90 Å². The van der Waals surface area contributed by atoms with Crippen LogP contribution in [0.25, 0.3) is 17.1 Å². The van der Waals surface area contributed by atoms with Crippen LogP contribution in [0.15, 0.2) is 47.1 Å². The molecule has 1 atom stereocenters. The van der Waals surface area contributed by atoms with Crippen molar-refractivity contribution in [2.45, 2.75) is 72.5 Å². The second-order valence-corrected chi connectivity index (χ2v) is 12.5. The first-order valence-corrected chi connectivity index (χ1v) is 13.7. The molecule has 1 N–H and O–H groups in total. The number of oxazole rings is 1. The van der Waals surface area contributed by atoms with Crippen LogP contribution in [0.1, 0.15) is 76.0 Å². The molecule has 1 aromatic carbocycles. The Morgan fingerprint density at radius 1 is 1.20 bits per heavy atom. The first-order valence-electron chi connectivity index (χ1n) is 13.7. The number of hydrogen-bond acceptors (Lipinski definition) is 6. The molecule has 1 aliphatic heterocycles. The Morgan fingerprint density at radius 3 is 2.50 bits per heavy atom. The first kappa shape index (κ1) is 27.8. The Kier molecular flexibility index (Phi) is 7.20. The van der Waals surface area contributed by atoms with Gasteiger partial charge in [0.15, 0.2) is 6.10 Å². The molecule has 8 nitrogen and oxygen atoms in total. The molecule has 212 valence electrons. The van der Waals surface area contributed by atoms with Crippen molar-refractivity contribution in [1.29, 1.82) is 0 Å². The van der Waals surface area contributed by atoms with Crippen molar-refractivity contribution in [3.05, 3.63) is 71.0 Å². The van der Waals surface area contributed by atoms with Gasteiger partial charge in [-0.05, 0) is 75.3 Å². The van der Waals surface area contributed by atoms with Crippen molar-refractivity contribution in [3.63, 3.8) is 0 Å². The summed E-state index contributed by atoms with van der Waals surface area (Å²) < 4.78 is 27.3. The van der Waals surface area contributed by atoms with Crippen LogP contribution in [-0.2, 0) is 16.0 Å². The Hall–Kier alpha value is -3.72. The van der Waals surface area contributed by atoms with Gasteiger partial charge in [-0.25, -0.2) is 18.7 Å². The van der Waals surface area contributed by atoms with Gasteiger partial charge in [0.1, 0.15) is 17.3 Å². The van der Waals surface area contributed by atoms with E-state index in [2.05, 4.69) is 23.7 Å². The number of aryl methyl sites for hydroxylation is 1. The SMILES string of the molecule is Cc1cn2nc(-c3ncc(Cc4ccc(F)cc4)o3)cc2c(N2CCC(C)(C)CC2)c1[C@H](OC(C)(C)C)C(=O)O. The maximum Gasteiger partial charge on any atom is 0.337 e. The number of halogens is 1. The average Bonchev–Trinajstić information content (AvgIpc) is 3.50. The maximum absolute atomic E-state index is 13.3. The van der Waals surface area contributed by atoms with E-state index in [4.69, 9.17) is 14.3 Å². The monoisotopic (exact) mass is 548 g/mol. The van der Waals surface area contributed by atoms with Gasteiger partial charge in [-0.15, -0.1) is 0 Å². The fraction of sp³-hybridized carbons (Fsp3) is 0.452. The van der Waals surface area contributed by atoms with E-state index in [0.29, 0.717) is 29.3 Å². The summed E-state index contributed by atoms with van der Waals surface area (Å²) in [5.41, 5.74) is 4.04. The van der Waals surface area contributed by atoms with Gasteiger partial charge in [0.25, 0.3) is 0 Å². The van der Waals surface area contributed by atoms with Crippen molar-refractivity contribution in [2.75, 3.05) is 18.0 Å². The molecule has 4 aromatic rings. The van der Waals surface area contributed by atoms with Crippen molar-refractivity contribution in [2.24, 2.45) is 5.41 Å². The van der Waals surface area contributed by atoms with Crippen LogP contribution in [0.2, 0.25) is 0 Å². The molecule has 0 radical (unpaired) electrons. The topological polar surface area (TPSA) is 93.1 Å². The highest BCUT2D eigenvalue weighted by Gasteiger charge is 2.35. The number of fused-ring (bicyclic) bond motifs is 1. The fourth-order valence-corrected chi connectivity index (χ4v) is 5.25. The summed E-state index contributed by atoms with van der Waals surface area (Å²) in [5, 5.41) is 15.1. The zero-order chi connectivity index (χ0) is 28.8. The number of carbonyl (C=O) groups is 1. The molecule has 0 aliphatic carbocycles. The molecule has 9 heteroatoms. The number of benzene rings is 1. The number of piperidine rings is 1. The molecule has 0 amide bonds. The molecule has 1 saturated heterocycles. The van der Waals surface area contributed by atoms with E-state index >= 15 is 0 Å². The van der Waals surface area contributed by atoms with Gasteiger partial charge in [-0.3, -0.25) is 0 Å². The minimum absolute atomic E-state index is 0.218. The lowest BCUT2D eigenvalue weighted by atomic mass is 9.82. The minimum atomic E-state index is -1.14. The molecule has 1 aliphatic rings. The Morgan fingerprint density at radius 2 is 1.88 bits per heavy atom. The summed E-state index contributed by atoms with van der Waals surface area (Å²) in [6, 6.07) is 8.19. The van der Waals surface area contributed by atoms with Crippen LogP contribution in [0.5, 0.6) is 0 Å². The first-order chi connectivity index (χ1) is 18.8. The minimum Gasteiger partial charge on any atom is -0.479 e. The lowest BCUT2D eigenvalue weighted by Gasteiger charge is -2.40. The number of aromatic nitrogens is 3. The Bertz CT molecular complexity index is 1520. The second kappa shape index (κ2) is 10.4. The van der Waals surface area contributed by atoms with Crippen LogP contribution in [0.3, 0.4) is 0 Å². The van der Waals surface area contributed by atoms with Gasteiger partial charge >= 0.3 is 5.97 Å². The van der Waals surface area contributed by atoms with E-state index < -0.39 is 17.7 Å². The fourth-order valence-electron chi connectivity index (χ4n) is 5.25. The molecule has 0 spiro atoms. The number of rotatable bonds is 7. The van der Waals surface area contributed by atoms with Gasteiger partial charge < -0.3 is 19.2 Å². The summed E-state index contributed by atoms with van der Waals surface area (Å²) in [6.07, 6.45) is 4.80. The number of ether oxygens (including phenoxy) is 1. The van der Waals surface area contributed by atoms with Crippen molar-refractivity contribution >= 4 is 17.2 Å². The number of aliphatic carboxylic acids is 1. The third-order valence-corrected chi connectivity index (χ3v) is 7.43. The number of anilines is 1. The molecule has 1 fully saturated rings. The van der Waals surface area contributed by atoms with Crippen LogP contribution in [0, 0.1) is 18.2 Å². The summed E-state index contributed by atoms with van der Waals surface area (Å²) in [7, 11) is 0. The predicted octanol–water partition coefficient (Wildman–Crippen LogP) is 6.59. The van der Waals surface area contributed by atoms with E-state index in [-0.39, 0.29) is 11.2 Å². The highest BCUT2D eigenvalue weighted by atomic mass is 19.1. The summed E-state index contributed by atoms with van der Waals surface area (Å²) >= 11 is 0. The van der Waals surface area contributed by atoms with Crippen molar-refractivity contribution in [3.8, 4) is 11.6 Å². The Labute approximate surface area is 233 Å². The number of carboxylic acids is 1. The average molecular weight is 549 g/mol. The van der Waals surface area contributed by atoms with E-state index in [1.807, 2.05) is 40.0 Å². The molecular formula is C31H37FN4O4. The number of pyridine rings is 1. The van der Waals surface area contributed by atoms with Crippen molar-refractivity contribution in [1.82, 2.24) is 14.6 Å². The Balaban J connectivity index is 1.59. The normalized spacial score (nSPS) is 16.4. The molecule has 0 saturated carbocycles. The van der Waals surface area contributed by atoms with Crippen LogP contribution >= 0.6 is 0 Å². The van der Waals surface area contributed by atoms with E-state index in [9.17, 15) is 14.3 Å². The third kappa shape index (κ3) is 5.89. The standard InChI is InChI=1S/C31H37FN4O4/c1-19-18-36-24(16-23(34-36)28-33-17-22(39-28)15-20-7-9-21(32)10-8-20)26(35-13-11-31(5,6)12-14-35)25(19)27(29(37)38)40-30(2,3)4/h7-10,16-18,27H,11-15H2,1-6H3,(H,37,38)/t27-/m0/s1. The number of hydrogen-bond donors (Lipinski definition) is 1. The molecule has 3 aromatic heterocycles. The maximum atomic E-state index is 13.3. The smallest absolute Gasteiger partial charge is 0.337 e. The molecule has 4 heterocycles. The molecule has 5 rings (SSSR count). The van der Waals surface area contributed by atoms with Gasteiger partial charge in [-0.1, -0.05) is 26.0 Å². The number of nitrogens with zero attached hydrogens (tertiary/aromatic N) is 4. The van der Waals surface area contributed by atoms with E-state index in [1.54, 1.807) is 22.8 Å². The van der Waals surface area contributed by atoms with Crippen LogP contribution in [-0.4, -0.2) is 44.4 Å². The van der Waals surface area contributed by atoms with Gasteiger partial charge in [0.05, 0.1) is 23.0 Å². The quantitative estimate of drug-likeness (QED) is 0.278. The predicted molar refractivity (Wildman–Crippen MR) is 151 cm³/mol. The third-order valence-electron chi connectivity index (χ3n) is 7.43. The highest BCUT2D eigenvalue weighted by Crippen LogP contribution is 2.41. The zero-order valence-corrected chi connectivity index (χ0v) is 24.0. The summed E-state index contributed by atoms with van der Waals surface area (Å²) in [6.45, 7) is 13.6. The largest absolute Gasteiger partial charge is 0.479 e. The van der Waals surface area contributed by atoms with Gasteiger partial charge in [0.2, 0.25) is 5.89 Å². The zero-order valence-electron chi connectivity index (χ0n) is 24.0. The van der Waals surface area contributed by atoms with Crippen LogP contribution in [0.4, 0.5) is 10.1 Å². The lowest BCUT2D eigenvalue weighted by Crippen LogP contribution is -2.39. The highest BCUT2D eigenvalue weighted by molar-refractivity contribution is 5.86. The molecular weight excluding hydrogens is 511 g/mol. The lowest BCUT2D eigenvalue weighted by molar-refractivity contribution is -0.160. The molecule has 40 heavy (non-hydrogen) atoms. The van der Waals surface area contributed by atoms with E-state index in [1.165, 1.54) is 12.1 Å². The van der Waals surface area contributed by atoms with Gasteiger partial charge in [0, 0.05) is 31.3 Å². The van der Waals surface area contributed by atoms with E-state index in [0.717, 1.165) is 48.3 Å². The summed E-state index contributed by atoms with van der Waals surface area (Å²) in [5.74, 6) is -0.309. The van der Waals surface area contributed by atoms with Gasteiger partial charge in [-0.2, -0.15) is 5.10 Å². The molecule has 0 bridgehead atoms. The molecule has 0 unspecified atom stereocenters.